The van der Waals surface area contributed by atoms with E-state index in [1.807, 2.05) is 13.8 Å². The van der Waals surface area contributed by atoms with E-state index < -0.39 is 5.91 Å². The molecule has 0 aliphatic carbocycles. The molecule has 0 bridgehead atoms. The molecular formula is C11H14N6O2. The number of nitrogens with zero attached hydrogens (tertiary/aromatic N) is 4. The van der Waals surface area contributed by atoms with Gasteiger partial charge >= 0.3 is 6.01 Å². The maximum absolute atomic E-state index is 12.0. The number of nitrogen functional groups attached to an aromatic ring is 1. The molecule has 0 saturated heterocycles. The summed E-state index contributed by atoms with van der Waals surface area (Å²) >= 11 is 0. The van der Waals surface area contributed by atoms with Crippen molar-refractivity contribution >= 4 is 17.6 Å². The summed E-state index contributed by atoms with van der Waals surface area (Å²) in [6.07, 6.45) is 1.41. The van der Waals surface area contributed by atoms with E-state index >= 15 is 0 Å². The third kappa shape index (κ3) is 2.84. The fraction of sp³-hybridized carbons (Fsp3) is 0.364. The molecule has 19 heavy (non-hydrogen) atoms. The standard InChI is InChI=1S/C11H14N6O2/c1-5(2)9-13-4-7(12)8(14-9)10(18)15-11-17-16-6(3)19-11/h4-5H,12H2,1-3H3,(H,15,17,18). The van der Waals surface area contributed by atoms with E-state index in [-0.39, 0.29) is 23.3 Å². The van der Waals surface area contributed by atoms with Crippen LogP contribution >= 0.6 is 0 Å². The van der Waals surface area contributed by atoms with Crippen LogP contribution in [0.15, 0.2) is 10.6 Å². The molecule has 0 saturated carbocycles. The van der Waals surface area contributed by atoms with E-state index in [0.717, 1.165) is 0 Å². The van der Waals surface area contributed by atoms with Crippen molar-refractivity contribution in [1.29, 1.82) is 0 Å². The summed E-state index contributed by atoms with van der Waals surface area (Å²) in [5.41, 5.74) is 5.98. The molecule has 2 aromatic rings. The van der Waals surface area contributed by atoms with Crippen LogP contribution in [0.2, 0.25) is 0 Å². The number of hydrogen-bond acceptors (Lipinski definition) is 7. The van der Waals surface area contributed by atoms with Gasteiger partial charge in [0.05, 0.1) is 11.9 Å². The fourth-order valence-electron chi connectivity index (χ4n) is 1.37. The second-order valence-electron chi connectivity index (χ2n) is 4.27. The molecule has 0 radical (unpaired) electrons. The third-order valence-electron chi connectivity index (χ3n) is 2.31. The summed E-state index contributed by atoms with van der Waals surface area (Å²) in [6.45, 7) is 5.47. The van der Waals surface area contributed by atoms with Crippen LogP contribution in [0.1, 0.15) is 42.0 Å². The molecule has 8 nitrogen and oxygen atoms in total. The van der Waals surface area contributed by atoms with E-state index in [9.17, 15) is 4.79 Å². The molecule has 100 valence electrons. The highest BCUT2D eigenvalue weighted by atomic mass is 16.4. The SMILES string of the molecule is Cc1nnc(NC(=O)c2nc(C(C)C)ncc2N)o1. The molecule has 3 N–H and O–H groups in total. The van der Waals surface area contributed by atoms with E-state index in [1.165, 1.54) is 6.20 Å². The molecule has 0 atom stereocenters. The number of aromatic nitrogens is 4. The lowest BCUT2D eigenvalue weighted by Gasteiger charge is -2.07. The molecular weight excluding hydrogens is 248 g/mol. The number of hydrogen-bond donors (Lipinski definition) is 2. The smallest absolute Gasteiger partial charge is 0.322 e. The minimum absolute atomic E-state index is 0.00612. The third-order valence-corrected chi connectivity index (χ3v) is 2.31. The van der Waals surface area contributed by atoms with Crippen LogP contribution in [0.3, 0.4) is 0 Å². The summed E-state index contributed by atoms with van der Waals surface area (Å²) in [5.74, 6) is 0.484. The van der Waals surface area contributed by atoms with Gasteiger partial charge in [-0.2, -0.15) is 0 Å². The number of anilines is 2. The van der Waals surface area contributed by atoms with Gasteiger partial charge in [0.25, 0.3) is 5.91 Å². The second kappa shape index (κ2) is 5.01. The van der Waals surface area contributed by atoms with Crippen LogP contribution in [-0.4, -0.2) is 26.1 Å². The van der Waals surface area contributed by atoms with Crippen LogP contribution in [-0.2, 0) is 0 Å². The zero-order valence-electron chi connectivity index (χ0n) is 10.8. The summed E-state index contributed by atoms with van der Waals surface area (Å²) < 4.78 is 5.05. The first-order valence-electron chi connectivity index (χ1n) is 5.71. The molecule has 8 heteroatoms. The quantitative estimate of drug-likeness (QED) is 0.850. The van der Waals surface area contributed by atoms with Gasteiger partial charge < -0.3 is 10.2 Å². The largest absolute Gasteiger partial charge is 0.408 e. The number of carbonyl (C=O) groups is 1. The Morgan fingerprint density at radius 1 is 1.42 bits per heavy atom. The van der Waals surface area contributed by atoms with Crippen molar-refractivity contribution in [2.75, 3.05) is 11.1 Å². The monoisotopic (exact) mass is 262 g/mol. The van der Waals surface area contributed by atoms with Crippen molar-refractivity contribution in [3.8, 4) is 0 Å². The number of aryl methyl sites for hydroxylation is 1. The average molecular weight is 262 g/mol. The van der Waals surface area contributed by atoms with Gasteiger partial charge in [-0.15, -0.1) is 5.10 Å². The minimum Gasteiger partial charge on any atom is -0.408 e. The van der Waals surface area contributed by atoms with E-state index in [2.05, 4.69) is 25.5 Å². The molecule has 0 unspecified atom stereocenters. The average Bonchev–Trinajstić information content (AvgIpc) is 2.74. The number of nitrogens with two attached hydrogens (primary N) is 1. The lowest BCUT2D eigenvalue weighted by molar-refractivity contribution is 0.102. The van der Waals surface area contributed by atoms with E-state index in [0.29, 0.717) is 11.7 Å². The van der Waals surface area contributed by atoms with Crippen LogP contribution < -0.4 is 11.1 Å². The van der Waals surface area contributed by atoms with Gasteiger partial charge in [0.1, 0.15) is 5.82 Å². The van der Waals surface area contributed by atoms with Gasteiger partial charge in [0, 0.05) is 12.8 Å². The first-order valence-corrected chi connectivity index (χ1v) is 5.71. The maximum atomic E-state index is 12.0. The van der Waals surface area contributed by atoms with Gasteiger partial charge in [-0.05, 0) is 0 Å². The molecule has 0 aliphatic heterocycles. The lowest BCUT2D eigenvalue weighted by Crippen LogP contribution is -2.18. The zero-order valence-corrected chi connectivity index (χ0v) is 10.8. The van der Waals surface area contributed by atoms with Crippen LogP contribution in [0.5, 0.6) is 0 Å². The predicted octanol–water partition coefficient (Wildman–Crippen LogP) is 1.13. The highest BCUT2D eigenvalue weighted by Crippen LogP contribution is 2.15. The maximum Gasteiger partial charge on any atom is 0.322 e. The van der Waals surface area contributed by atoms with Gasteiger partial charge in [-0.3, -0.25) is 10.1 Å². The van der Waals surface area contributed by atoms with Gasteiger partial charge in [-0.25, -0.2) is 9.97 Å². The zero-order chi connectivity index (χ0) is 14.0. The highest BCUT2D eigenvalue weighted by molar-refractivity contribution is 6.05. The Kier molecular flexibility index (Phi) is 3.41. The van der Waals surface area contributed by atoms with Crippen molar-refractivity contribution in [3.05, 3.63) is 23.6 Å². The normalized spacial score (nSPS) is 10.7. The second-order valence-corrected chi connectivity index (χ2v) is 4.27. The number of carbonyl (C=O) groups excluding carboxylic acids is 1. The summed E-state index contributed by atoms with van der Waals surface area (Å²) in [7, 11) is 0. The number of nitrogens with one attached hydrogen (secondary N) is 1. The molecule has 0 aromatic carbocycles. The Morgan fingerprint density at radius 3 is 2.74 bits per heavy atom. The van der Waals surface area contributed by atoms with E-state index in [4.69, 9.17) is 10.2 Å². The van der Waals surface area contributed by atoms with Crippen molar-refractivity contribution in [2.45, 2.75) is 26.7 Å². The van der Waals surface area contributed by atoms with Crippen molar-refractivity contribution in [3.63, 3.8) is 0 Å². The summed E-state index contributed by atoms with van der Waals surface area (Å²) in [6, 6.07) is 0.00612. The number of rotatable bonds is 3. The van der Waals surface area contributed by atoms with Gasteiger partial charge in [0.2, 0.25) is 5.89 Å². The highest BCUT2D eigenvalue weighted by Gasteiger charge is 2.17. The van der Waals surface area contributed by atoms with Crippen molar-refractivity contribution in [2.24, 2.45) is 0 Å². The summed E-state index contributed by atoms with van der Waals surface area (Å²) in [4.78, 5) is 20.2. The molecule has 0 aliphatic rings. The van der Waals surface area contributed by atoms with Crippen molar-refractivity contribution in [1.82, 2.24) is 20.2 Å². The first-order chi connectivity index (χ1) is 8.97. The molecule has 0 spiro atoms. The predicted molar refractivity (Wildman–Crippen MR) is 67.5 cm³/mol. The lowest BCUT2D eigenvalue weighted by atomic mass is 10.2. The van der Waals surface area contributed by atoms with Crippen LogP contribution in [0.4, 0.5) is 11.7 Å². The molecule has 2 aromatic heterocycles. The topological polar surface area (TPSA) is 120 Å². The Hall–Kier alpha value is -2.51. The van der Waals surface area contributed by atoms with E-state index in [1.54, 1.807) is 6.92 Å². The molecule has 2 rings (SSSR count). The van der Waals surface area contributed by atoms with Gasteiger partial charge in [0.15, 0.2) is 5.69 Å². The molecule has 1 amide bonds. The molecule has 2 heterocycles. The van der Waals surface area contributed by atoms with Crippen molar-refractivity contribution < 1.29 is 9.21 Å². The van der Waals surface area contributed by atoms with Gasteiger partial charge in [-0.1, -0.05) is 18.9 Å². The number of amides is 1. The summed E-state index contributed by atoms with van der Waals surface area (Å²) in [5, 5.41) is 9.71. The Balaban J connectivity index is 2.25. The Bertz CT molecular complexity index is 607. The van der Waals surface area contributed by atoms with Crippen LogP contribution in [0, 0.1) is 6.92 Å². The van der Waals surface area contributed by atoms with Crippen LogP contribution in [0.25, 0.3) is 0 Å². The molecule has 0 fully saturated rings. The fourth-order valence-corrected chi connectivity index (χ4v) is 1.37. The minimum atomic E-state index is -0.509. The Morgan fingerprint density at radius 2 is 2.16 bits per heavy atom. The first kappa shape index (κ1) is 12.9. The Labute approximate surface area is 109 Å².